The van der Waals surface area contributed by atoms with Gasteiger partial charge in [0, 0.05) is 19.4 Å². The van der Waals surface area contributed by atoms with E-state index in [2.05, 4.69) is 10.1 Å². The van der Waals surface area contributed by atoms with Crippen molar-refractivity contribution in [1.29, 1.82) is 0 Å². The second kappa shape index (κ2) is 8.33. The van der Waals surface area contributed by atoms with E-state index in [1.165, 1.54) is 19.2 Å². The van der Waals surface area contributed by atoms with Crippen LogP contribution < -0.4 is 15.8 Å². The fraction of sp³-hybridized carbons (Fsp3) is 0.417. The number of hydrogen-bond donors (Lipinski definition) is 2. The summed E-state index contributed by atoms with van der Waals surface area (Å²) < 4.78 is 33.4. The normalized spacial score (nSPS) is 12.3. The lowest BCUT2D eigenvalue weighted by molar-refractivity contribution is -0.117. The summed E-state index contributed by atoms with van der Waals surface area (Å²) in [6.07, 6.45) is 0.330. The van der Waals surface area contributed by atoms with Gasteiger partial charge in [0.05, 0.1) is 16.1 Å². The molecule has 0 aromatic heterocycles. The maximum Gasteiger partial charge on any atom is 0.387 e. The molecule has 1 atom stereocenters. The second-order valence-corrected chi connectivity index (χ2v) is 4.84. The van der Waals surface area contributed by atoms with Crippen LogP contribution in [0.4, 0.5) is 14.5 Å². The zero-order chi connectivity index (χ0) is 16.0. The van der Waals surface area contributed by atoms with E-state index in [9.17, 15) is 13.6 Å². The van der Waals surface area contributed by atoms with Crippen molar-refractivity contribution >= 4 is 34.8 Å². The van der Waals surface area contributed by atoms with E-state index >= 15 is 0 Å². The fourth-order valence-electron chi connectivity index (χ4n) is 1.44. The van der Waals surface area contributed by atoms with Gasteiger partial charge in [0.1, 0.15) is 0 Å². The average molecular weight is 343 g/mol. The third-order valence-corrected chi connectivity index (χ3v) is 3.00. The average Bonchev–Trinajstić information content (AvgIpc) is 2.39. The molecule has 3 N–H and O–H groups in total. The number of halogens is 4. The molecule has 1 unspecified atom stereocenters. The number of carbonyl (C=O) groups is 1. The molecule has 0 bridgehead atoms. The summed E-state index contributed by atoms with van der Waals surface area (Å²) in [5.74, 6) is -0.822. The van der Waals surface area contributed by atoms with Gasteiger partial charge >= 0.3 is 6.61 Å². The highest BCUT2D eigenvalue weighted by molar-refractivity contribution is 6.37. The summed E-state index contributed by atoms with van der Waals surface area (Å²) in [6.45, 7) is -2.72. The number of nitrogens with two attached hydrogens (primary N) is 1. The summed E-state index contributed by atoms with van der Waals surface area (Å²) in [5, 5.41) is 2.18. The van der Waals surface area contributed by atoms with Gasteiger partial charge in [-0.25, -0.2) is 0 Å². The number of anilines is 1. The van der Waals surface area contributed by atoms with Gasteiger partial charge in [0.15, 0.2) is 5.75 Å². The number of rotatable bonds is 7. The Hall–Kier alpha value is -1.15. The molecule has 5 nitrogen and oxygen atoms in total. The van der Waals surface area contributed by atoms with Crippen LogP contribution in [0.5, 0.6) is 5.75 Å². The molecule has 118 valence electrons. The highest BCUT2D eigenvalue weighted by atomic mass is 35.5. The van der Waals surface area contributed by atoms with E-state index in [-0.39, 0.29) is 21.5 Å². The molecule has 21 heavy (non-hydrogen) atoms. The largest absolute Gasteiger partial charge is 0.432 e. The Morgan fingerprint density at radius 1 is 1.38 bits per heavy atom. The molecule has 0 aliphatic carbocycles. The third-order valence-electron chi connectivity index (χ3n) is 2.44. The van der Waals surface area contributed by atoms with E-state index in [1.54, 1.807) is 0 Å². The number of alkyl halides is 2. The lowest BCUT2D eigenvalue weighted by Crippen LogP contribution is -2.36. The van der Waals surface area contributed by atoms with Crippen molar-refractivity contribution in [3.05, 3.63) is 22.2 Å². The van der Waals surface area contributed by atoms with Crippen LogP contribution in [-0.2, 0) is 9.53 Å². The number of ether oxygens (including phenoxy) is 2. The molecule has 1 rings (SSSR count). The zero-order valence-electron chi connectivity index (χ0n) is 11.0. The molecule has 0 radical (unpaired) electrons. The van der Waals surface area contributed by atoms with Crippen molar-refractivity contribution in [2.45, 2.75) is 19.1 Å². The highest BCUT2D eigenvalue weighted by Crippen LogP contribution is 2.36. The quantitative estimate of drug-likeness (QED) is 0.798. The molecule has 0 heterocycles. The van der Waals surface area contributed by atoms with Crippen LogP contribution in [0, 0.1) is 0 Å². The molecule has 0 aliphatic rings. The Morgan fingerprint density at radius 2 is 1.95 bits per heavy atom. The van der Waals surface area contributed by atoms with Gasteiger partial charge in [-0.2, -0.15) is 8.78 Å². The maximum absolute atomic E-state index is 12.2. The summed E-state index contributed by atoms with van der Waals surface area (Å²) in [4.78, 5) is 11.8. The van der Waals surface area contributed by atoms with E-state index in [0.717, 1.165) is 0 Å². The second-order valence-electron chi connectivity index (χ2n) is 4.02. The molecule has 0 aliphatic heterocycles. The number of nitrogens with one attached hydrogen (secondary N) is 1. The van der Waals surface area contributed by atoms with Gasteiger partial charge in [-0.1, -0.05) is 23.2 Å². The van der Waals surface area contributed by atoms with Crippen molar-refractivity contribution in [1.82, 2.24) is 0 Å². The van der Waals surface area contributed by atoms with Gasteiger partial charge in [0.2, 0.25) is 5.91 Å². The van der Waals surface area contributed by atoms with Crippen LogP contribution in [0.2, 0.25) is 10.0 Å². The van der Waals surface area contributed by atoms with E-state index < -0.39 is 18.6 Å². The van der Waals surface area contributed by atoms with E-state index in [0.29, 0.717) is 13.0 Å². The molecule has 0 saturated carbocycles. The monoisotopic (exact) mass is 342 g/mol. The van der Waals surface area contributed by atoms with Gasteiger partial charge in [-0.05, 0) is 18.6 Å². The van der Waals surface area contributed by atoms with Gasteiger partial charge in [-0.3, -0.25) is 4.79 Å². The van der Waals surface area contributed by atoms with Gasteiger partial charge in [-0.15, -0.1) is 0 Å². The molecule has 1 amide bonds. The van der Waals surface area contributed by atoms with Crippen LogP contribution in [0.15, 0.2) is 12.1 Å². The van der Waals surface area contributed by atoms with Crippen molar-refractivity contribution in [2.75, 3.05) is 19.0 Å². The minimum Gasteiger partial charge on any atom is -0.432 e. The van der Waals surface area contributed by atoms with Crippen LogP contribution in [0.25, 0.3) is 0 Å². The Bertz CT molecular complexity index is 480. The Morgan fingerprint density at radius 3 is 2.43 bits per heavy atom. The summed E-state index contributed by atoms with van der Waals surface area (Å²) >= 11 is 11.6. The maximum atomic E-state index is 12.2. The predicted molar refractivity (Wildman–Crippen MR) is 76.2 cm³/mol. The molecule has 9 heteroatoms. The number of amides is 1. The molecular weight excluding hydrogens is 329 g/mol. The molecule has 1 aromatic rings. The molecule has 0 fully saturated rings. The Labute approximate surface area is 130 Å². The molecule has 1 aromatic carbocycles. The number of benzene rings is 1. The van der Waals surface area contributed by atoms with Crippen LogP contribution in [0.1, 0.15) is 6.42 Å². The van der Waals surface area contributed by atoms with E-state index in [4.69, 9.17) is 33.7 Å². The topological polar surface area (TPSA) is 73.6 Å². The number of carbonyl (C=O) groups excluding carboxylic acids is 1. The SMILES string of the molecule is COCCC(N)C(=O)Nc1cc(Cl)c(OC(F)F)c(Cl)c1. The lowest BCUT2D eigenvalue weighted by atomic mass is 10.2. The first-order valence-corrected chi connectivity index (χ1v) is 6.60. The third kappa shape index (κ3) is 5.62. The van der Waals surface area contributed by atoms with Crippen LogP contribution in [0.3, 0.4) is 0 Å². The Kier molecular flexibility index (Phi) is 7.10. The van der Waals surface area contributed by atoms with Crippen molar-refractivity contribution in [3.63, 3.8) is 0 Å². The Balaban J connectivity index is 2.79. The lowest BCUT2D eigenvalue weighted by Gasteiger charge is -2.14. The summed E-state index contributed by atoms with van der Waals surface area (Å²) in [5.41, 5.74) is 5.87. The minimum atomic E-state index is -3.05. The standard InChI is InChI=1S/C12H14Cl2F2N2O3/c1-20-3-2-9(17)11(19)18-6-4-7(13)10(8(14)5-6)21-12(15)16/h4-5,9,12H,2-3,17H2,1H3,(H,18,19). The predicted octanol–water partition coefficient (Wildman–Crippen LogP) is 2.90. The van der Waals surface area contributed by atoms with Crippen LogP contribution in [-0.4, -0.2) is 32.3 Å². The molecule has 0 saturated heterocycles. The van der Waals surface area contributed by atoms with E-state index in [1.807, 2.05) is 0 Å². The van der Waals surface area contributed by atoms with Crippen molar-refractivity contribution < 1.29 is 23.0 Å². The zero-order valence-corrected chi connectivity index (χ0v) is 12.5. The summed E-state index contributed by atoms with van der Waals surface area (Å²) in [6, 6.07) is 1.71. The van der Waals surface area contributed by atoms with Crippen LogP contribution >= 0.6 is 23.2 Å². The first kappa shape index (κ1) is 17.9. The van der Waals surface area contributed by atoms with Crippen molar-refractivity contribution in [3.8, 4) is 5.75 Å². The first-order valence-electron chi connectivity index (χ1n) is 5.84. The molecule has 0 spiro atoms. The summed E-state index contributed by atoms with van der Waals surface area (Å²) in [7, 11) is 1.49. The number of hydrogen-bond acceptors (Lipinski definition) is 4. The first-order chi connectivity index (χ1) is 9.85. The number of methoxy groups -OCH3 is 1. The van der Waals surface area contributed by atoms with Crippen molar-refractivity contribution in [2.24, 2.45) is 5.73 Å². The smallest absolute Gasteiger partial charge is 0.387 e. The fourth-order valence-corrected chi connectivity index (χ4v) is 2.02. The van der Waals surface area contributed by atoms with Gasteiger partial charge in [0.25, 0.3) is 0 Å². The van der Waals surface area contributed by atoms with Gasteiger partial charge < -0.3 is 20.5 Å². The minimum absolute atomic E-state index is 0.149. The molecular formula is C12H14Cl2F2N2O3. The highest BCUT2D eigenvalue weighted by Gasteiger charge is 2.17.